The number of aryl methyl sites for hydroxylation is 3. The first kappa shape index (κ1) is 14.3. The fourth-order valence-corrected chi connectivity index (χ4v) is 3.15. The molecule has 102 valence electrons. The minimum Gasteiger partial charge on any atom is -0.271 e. The van der Waals surface area contributed by atoms with Crippen molar-refractivity contribution in [3.63, 3.8) is 0 Å². The van der Waals surface area contributed by atoms with E-state index < -0.39 is 0 Å². The van der Waals surface area contributed by atoms with Gasteiger partial charge in [0.1, 0.15) is 0 Å². The fourth-order valence-electron chi connectivity index (χ4n) is 2.40. The zero-order chi connectivity index (χ0) is 13.7. The van der Waals surface area contributed by atoms with Crippen LogP contribution in [0, 0.1) is 13.8 Å². The largest absolute Gasteiger partial charge is 0.271 e. The van der Waals surface area contributed by atoms with Crippen LogP contribution in [0.3, 0.4) is 0 Å². The average molecular weight is 274 g/mol. The van der Waals surface area contributed by atoms with E-state index in [4.69, 9.17) is 5.84 Å². The zero-order valence-corrected chi connectivity index (χ0v) is 12.5. The van der Waals surface area contributed by atoms with Crippen LogP contribution in [0.2, 0.25) is 0 Å². The molecule has 1 aromatic heterocycles. The second-order valence-electron chi connectivity index (χ2n) is 5.05. The number of nitrogens with two attached hydrogens (primary N) is 1. The standard InChI is InChI=1S/C16H22N2S/c1-12-8-9-13(2)15(11-12)16(18-17)7-3-5-14-6-4-10-19-14/h4,6,8-11,16,18H,3,5,7,17H2,1-2H3. The highest BCUT2D eigenvalue weighted by molar-refractivity contribution is 7.09. The van der Waals surface area contributed by atoms with Crippen LogP contribution in [0.5, 0.6) is 0 Å². The maximum absolute atomic E-state index is 5.74. The molecule has 2 aromatic rings. The fraction of sp³-hybridized carbons (Fsp3) is 0.375. The van der Waals surface area contributed by atoms with Gasteiger partial charge in [0, 0.05) is 10.9 Å². The Kier molecular flexibility index (Phi) is 5.14. The minimum atomic E-state index is 0.250. The molecule has 19 heavy (non-hydrogen) atoms. The highest BCUT2D eigenvalue weighted by atomic mass is 32.1. The highest BCUT2D eigenvalue weighted by Crippen LogP contribution is 2.24. The SMILES string of the molecule is Cc1ccc(C)c(C(CCCc2cccs2)NN)c1. The number of nitrogens with one attached hydrogen (secondary N) is 1. The summed E-state index contributed by atoms with van der Waals surface area (Å²) >= 11 is 1.83. The van der Waals surface area contributed by atoms with Crippen LogP contribution < -0.4 is 11.3 Å². The van der Waals surface area contributed by atoms with Crippen molar-refractivity contribution in [2.45, 2.75) is 39.2 Å². The summed E-state index contributed by atoms with van der Waals surface area (Å²) in [6.45, 7) is 4.28. The van der Waals surface area contributed by atoms with Gasteiger partial charge in [0.05, 0.1) is 0 Å². The Hall–Kier alpha value is -1.16. The lowest BCUT2D eigenvalue weighted by Crippen LogP contribution is -2.28. The lowest BCUT2D eigenvalue weighted by atomic mass is 9.95. The lowest BCUT2D eigenvalue weighted by Gasteiger charge is -2.19. The number of hydrogen-bond acceptors (Lipinski definition) is 3. The third kappa shape index (κ3) is 3.90. The molecular weight excluding hydrogens is 252 g/mol. The first-order valence-electron chi connectivity index (χ1n) is 6.76. The van der Waals surface area contributed by atoms with Crippen molar-refractivity contribution in [2.75, 3.05) is 0 Å². The van der Waals surface area contributed by atoms with Gasteiger partial charge in [-0.3, -0.25) is 11.3 Å². The van der Waals surface area contributed by atoms with Crippen molar-refractivity contribution in [2.24, 2.45) is 5.84 Å². The molecule has 0 aliphatic rings. The molecule has 0 spiro atoms. The maximum atomic E-state index is 5.74. The quantitative estimate of drug-likeness (QED) is 0.619. The molecule has 0 aliphatic carbocycles. The summed E-state index contributed by atoms with van der Waals surface area (Å²) in [5.41, 5.74) is 6.90. The molecule has 1 heterocycles. The summed E-state index contributed by atoms with van der Waals surface area (Å²) in [5.74, 6) is 5.74. The van der Waals surface area contributed by atoms with E-state index in [-0.39, 0.29) is 6.04 Å². The van der Waals surface area contributed by atoms with Gasteiger partial charge in [0.25, 0.3) is 0 Å². The number of hydrogen-bond donors (Lipinski definition) is 2. The van der Waals surface area contributed by atoms with Crippen molar-refractivity contribution >= 4 is 11.3 Å². The molecule has 2 nitrogen and oxygen atoms in total. The number of benzene rings is 1. The third-order valence-corrected chi connectivity index (χ3v) is 4.44. The Balaban J connectivity index is 1.97. The molecule has 3 heteroatoms. The molecule has 0 amide bonds. The average Bonchev–Trinajstić information content (AvgIpc) is 2.91. The molecular formula is C16H22N2S. The molecule has 3 N–H and O–H groups in total. The number of thiophene rings is 1. The minimum absolute atomic E-state index is 0.250. The molecule has 0 aliphatic heterocycles. The van der Waals surface area contributed by atoms with Crippen molar-refractivity contribution < 1.29 is 0 Å². The van der Waals surface area contributed by atoms with Gasteiger partial charge in [0.2, 0.25) is 0 Å². The van der Waals surface area contributed by atoms with E-state index in [9.17, 15) is 0 Å². The highest BCUT2D eigenvalue weighted by Gasteiger charge is 2.12. The first-order chi connectivity index (χ1) is 9.20. The van der Waals surface area contributed by atoms with Crippen LogP contribution in [-0.4, -0.2) is 0 Å². The van der Waals surface area contributed by atoms with E-state index in [0.29, 0.717) is 0 Å². The third-order valence-electron chi connectivity index (χ3n) is 3.51. The van der Waals surface area contributed by atoms with Gasteiger partial charge in [-0.05, 0) is 55.7 Å². The van der Waals surface area contributed by atoms with Gasteiger partial charge < -0.3 is 0 Å². The normalized spacial score (nSPS) is 12.6. The van der Waals surface area contributed by atoms with E-state index in [2.05, 4.69) is 55.0 Å². The summed E-state index contributed by atoms with van der Waals surface area (Å²) in [4.78, 5) is 1.46. The Morgan fingerprint density at radius 2 is 2.11 bits per heavy atom. The summed E-state index contributed by atoms with van der Waals surface area (Å²) in [7, 11) is 0. The molecule has 2 rings (SSSR count). The summed E-state index contributed by atoms with van der Waals surface area (Å²) in [5, 5.41) is 2.14. The van der Waals surface area contributed by atoms with Gasteiger partial charge in [-0.15, -0.1) is 11.3 Å². The van der Waals surface area contributed by atoms with Crippen LogP contribution >= 0.6 is 11.3 Å². The lowest BCUT2D eigenvalue weighted by molar-refractivity contribution is 0.497. The van der Waals surface area contributed by atoms with Gasteiger partial charge in [-0.1, -0.05) is 29.8 Å². The van der Waals surface area contributed by atoms with Gasteiger partial charge in [0.15, 0.2) is 0 Å². The Labute approximate surface area is 119 Å². The van der Waals surface area contributed by atoms with E-state index in [1.165, 1.54) is 21.6 Å². The smallest absolute Gasteiger partial charge is 0.0462 e. The van der Waals surface area contributed by atoms with Gasteiger partial charge in [-0.25, -0.2) is 0 Å². The maximum Gasteiger partial charge on any atom is 0.0462 e. The molecule has 0 fully saturated rings. The molecule has 1 aromatic carbocycles. The van der Waals surface area contributed by atoms with Crippen LogP contribution in [0.15, 0.2) is 35.7 Å². The Morgan fingerprint density at radius 3 is 2.79 bits per heavy atom. The van der Waals surface area contributed by atoms with Crippen LogP contribution in [-0.2, 0) is 6.42 Å². The van der Waals surface area contributed by atoms with Gasteiger partial charge in [-0.2, -0.15) is 0 Å². The molecule has 1 atom stereocenters. The molecule has 0 bridgehead atoms. The summed E-state index contributed by atoms with van der Waals surface area (Å²) in [6.07, 6.45) is 3.36. The topological polar surface area (TPSA) is 38.0 Å². The molecule has 0 saturated heterocycles. The first-order valence-corrected chi connectivity index (χ1v) is 7.64. The van der Waals surface area contributed by atoms with E-state index in [0.717, 1.165) is 19.3 Å². The van der Waals surface area contributed by atoms with Crippen LogP contribution in [0.4, 0.5) is 0 Å². The zero-order valence-electron chi connectivity index (χ0n) is 11.6. The number of rotatable bonds is 6. The monoisotopic (exact) mass is 274 g/mol. The predicted octanol–water partition coefficient (Wildman–Crippen LogP) is 3.89. The summed E-state index contributed by atoms with van der Waals surface area (Å²) < 4.78 is 0. The second kappa shape index (κ2) is 6.85. The van der Waals surface area contributed by atoms with Crippen LogP contribution in [0.1, 0.15) is 40.5 Å². The Bertz CT molecular complexity index is 505. The van der Waals surface area contributed by atoms with Crippen molar-refractivity contribution in [1.82, 2.24) is 5.43 Å². The molecule has 1 unspecified atom stereocenters. The van der Waals surface area contributed by atoms with Gasteiger partial charge >= 0.3 is 0 Å². The van der Waals surface area contributed by atoms with Crippen molar-refractivity contribution in [3.8, 4) is 0 Å². The van der Waals surface area contributed by atoms with E-state index in [1.54, 1.807) is 0 Å². The second-order valence-corrected chi connectivity index (χ2v) is 6.08. The summed E-state index contributed by atoms with van der Waals surface area (Å²) in [6, 6.07) is 11.1. The molecule has 0 radical (unpaired) electrons. The van der Waals surface area contributed by atoms with E-state index in [1.807, 2.05) is 11.3 Å². The van der Waals surface area contributed by atoms with E-state index >= 15 is 0 Å². The Morgan fingerprint density at radius 1 is 1.26 bits per heavy atom. The van der Waals surface area contributed by atoms with Crippen LogP contribution in [0.25, 0.3) is 0 Å². The van der Waals surface area contributed by atoms with Crippen molar-refractivity contribution in [3.05, 3.63) is 57.3 Å². The molecule has 0 saturated carbocycles. The predicted molar refractivity (Wildman–Crippen MR) is 83.2 cm³/mol. The number of hydrazine groups is 1. The van der Waals surface area contributed by atoms with Crippen molar-refractivity contribution in [1.29, 1.82) is 0 Å².